The minimum absolute atomic E-state index is 0.149. The molecule has 183 valence electrons. The number of hydrogen-bond acceptors (Lipinski definition) is 0. The van der Waals surface area contributed by atoms with Crippen molar-refractivity contribution >= 4 is 40.4 Å². The Morgan fingerprint density at radius 1 is 0.556 bits per heavy atom. The number of hydrogen-bond donors (Lipinski definition) is 0. The van der Waals surface area contributed by atoms with Crippen molar-refractivity contribution < 1.29 is 13.6 Å². The van der Waals surface area contributed by atoms with Crippen LogP contribution in [0.3, 0.4) is 0 Å². The first-order chi connectivity index (χ1) is 17.4. The van der Waals surface area contributed by atoms with Gasteiger partial charge in [-0.1, -0.05) is 97.1 Å². The molecular formula is C30H21Cl4FeO. The van der Waals surface area contributed by atoms with Crippen molar-refractivity contribution in [2.75, 3.05) is 0 Å². The molecule has 0 amide bonds. The standard InChI is InChI=1S/C30H21O.4ClH.Fe/c1-4-12-21(13-5-1)26-20-27(22-14-6-2-7-15-22)31-30-25-19-11-10-18-24(25)28(29(26)30)23-16-8-3-9-17-23;;;;;/h1-20,28H;4*1H;/q+1;;;;;+3/p-4. The maximum Gasteiger partial charge on any atom is 0.365 e. The van der Waals surface area contributed by atoms with E-state index >= 15 is 0 Å². The zero-order chi connectivity index (χ0) is 25.1. The summed E-state index contributed by atoms with van der Waals surface area (Å²) >= 11 is 0. The topological polar surface area (TPSA) is 11.3 Å². The van der Waals surface area contributed by atoms with Crippen LogP contribution < -0.4 is 0 Å². The first-order valence-electron chi connectivity index (χ1n) is 11.2. The van der Waals surface area contributed by atoms with Crippen molar-refractivity contribution in [1.82, 2.24) is 0 Å². The average molecular weight is 595 g/mol. The predicted octanol–water partition coefficient (Wildman–Crippen LogP) is 10.8. The molecule has 0 fully saturated rings. The molecular weight excluding hydrogens is 574 g/mol. The van der Waals surface area contributed by atoms with Gasteiger partial charge in [-0.15, -0.1) is 0 Å². The van der Waals surface area contributed by atoms with Crippen LogP contribution in [0.5, 0.6) is 0 Å². The molecule has 1 aliphatic carbocycles. The van der Waals surface area contributed by atoms with Gasteiger partial charge in [-0.2, -0.15) is 0 Å². The van der Waals surface area contributed by atoms with Crippen LogP contribution >= 0.6 is 40.4 Å². The van der Waals surface area contributed by atoms with Crippen LogP contribution in [0.4, 0.5) is 0 Å². The van der Waals surface area contributed by atoms with Gasteiger partial charge in [0, 0.05) is 11.5 Å². The molecule has 5 aromatic rings. The van der Waals surface area contributed by atoms with Gasteiger partial charge >= 0.3 is 61.1 Å². The Labute approximate surface area is 230 Å². The van der Waals surface area contributed by atoms with E-state index in [1.165, 1.54) is 33.4 Å². The quantitative estimate of drug-likeness (QED) is 0.146. The zero-order valence-corrected chi connectivity index (χ0v) is 23.0. The normalized spacial score (nSPS) is 14.3. The summed E-state index contributed by atoms with van der Waals surface area (Å²) in [6.07, 6.45) is 0. The molecule has 0 N–H and O–H groups in total. The Balaban J connectivity index is 0.000000489. The first-order valence-corrected chi connectivity index (χ1v) is 17.3. The summed E-state index contributed by atoms with van der Waals surface area (Å²) in [6.45, 7) is 0. The minimum atomic E-state index is -2.61. The van der Waals surface area contributed by atoms with Crippen LogP contribution in [0.2, 0.25) is 0 Å². The maximum atomic E-state index is 6.65. The second-order valence-corrected chi connectivity index (χ2v) is 19.2. The largest absolute Gasteiger partial charge is 0.365 e. The van der Waals surface area contributed by atoms with E-state index in [0.717, 1.165) is 17.1 Å². The molecule has 1 nitrogen and oxygen atoms in total. The van der Waals surface area contributed by atoms with E-state index in [-0.39, 0.29) is 5.92 Å². The Kier molecular flexibility index (Phi) is 7.74. The molecule has 6 rings (SSSR count). The SMILES string of the molecule is [Cl][Fe-]([Cl])([Cl])[Cl].c1ccc(-c2cc(-c3ccccc3)c3c([o+]2)-c2ccccc2C3c2ccccc2)cc1. The zero-order valence-electron chi connectivity index (χ0n) is 18.9. The Hall–Kier alpha value is -2.29. The van der Waals surface area contributed by atoms with Crippen molar-refractivity contribution in [3.8, 4) is 33.8 Å². The Bertz CT molecular complexity index is 1460. The smallest absolute Gasteiger partial charge is 0.206 e. The van der Waals surface area contributed by atoms with Gasteiger partial charge in [-0.25, -0.2) is 4.42 Å². The summed E-state index contributed by atoms with van der Waals surface area (Å²) in [5, 5.41) is 0. The molecule has 1 aromatic heterocycles. The van der Waals surface area contributed by atoms with Gasteiger partial charge in [0.2, 0.25) is 0 Å². The fraction of sp³-hybridized carbons (Fsp3) is 0.0333. The molecule has 6 heteroatoms. The molecule has 0 radical (unpaired) electrons. The molecule has 1 unspecified atom stereocenters. The summed E-state index contributed by atoms with van der Waals surface area (Å²) in [5.74, 6) is 2.02. The Morgan fingerprint density at radius 2 is 1.06 bits per heavy atom. The van der Waals surface area contributed by atoms with Crippen LogP contribution in [0.25, 0.3) is 33.8 Å². The Morgan fingerprint density at radius 3 is 1.67 bits per heavy atom. The first kappa shape index (κ1) is 25.4. The third kappa shape index (κ3) is 5.66. The number of rotatable bonds is 3. The van der Waals surface area contributed by atoms with Gasteiger partial charge in [0.05, 0.1) is 22.8 Å². The molecule has 0 spiro atoms. The monoisotopic (exact) mass is 593 g/mol. The minimum Gasteiger partial charge on any atom is -0.206 e. The van der Waals surface area contributed by atoms with Crippen LogP contribution in [0.1, 0.15) is 22.6 Å². The number of fused-ring (bicyclic) bond motifs is 3. The van der Waals surface area contributed by atoms with Gasteiger partial charge in [0.15, 0.2) is 0 Å². The molecule has 1 heterocycles. The van der Waals surface area contributed by atoms with Crippen LogP contribution in [0.15, 0.2) is 126 Å². The second-order valence-electron chi connectivity index (χ2n) is 8.23. The molecule has 1 atom stereocenters. The molecule has 0 saturated heterocycles. The maximum absolute atomic E-state index is 6.65. The predicted molar refractivity (Wildman–Crippen MR) is 150 cm³/mol. The van der Waals surface area contributed by atoms with Crippen LogP contribution in [-0.2, 0) is 9.20 Å². The van der Waals surface area contributed by atoms with E-state index in [0.29, 0.717) is 0 Å². The van der Waals surface area contributed by atoms with E-state index in [9.17, 15) is 0 Å². The fourth-order valence-corrected chi connectivity index (χ4v) is 4.72. The average Bonchev–Trinajstić information content (AvgIpc) is 3.23. The molecule has 0 bridgehead atoms. The van der Waals surface area contributed by atoms with E-state index in [1.807, 2.05) is 6.07 Å². The van der Waals surface area contributed by atoms with Crippen LogP contribution in [-0.4, -0.2) is 0 Å². The van der Waals surface area contributed by atoms with E-state index in [2.05, 4.69) is 115 Å². The van der Waals surface area contributed by atoms with E-state index in [1.54, 1.807) is 0 Å². The second kappa shape index (κ2) is 11.0. The molecule has 4 aromatic carbocycles. The van der Waals surface area contributed by atoms with Crippen molar-refractivity contribution in [2.24, 2.45) is 0 Å². The molecule has 0 saturated carbocycles. The van der Waals surface area contributed by atoms with Crippen molar-refractivity contribution in [1.29, 1.82) is 0 Å². The third-order valence-corrected chi connectivity index (χ3v) is 6.10. The van der Waals surface area contributed by atoms with Gasteiger partial charge in [0.25, 0.3) is 0 Å². The van der Waals surface area contributed by atoms with Gasteiger partial charge in [-0.3, -0.25) is 0 Å². The summed E-state index contributed by atoms with van der Waals surface area (Å²) in [4.78, 5) is 0. The van der Waals surface area contributed by atoms with Crippen LogP contribution in [0, 0.1) is 0 Å². The molecule has 36 heavy (non-hydrogen) atoms. The van der Waals surface area contributed by atoms with Crippen molar-refractivity contribution in [3.05, 3.63) is 138 Å². The van der Waals surface area contributed by atoms with Crippen molar-refractivity contribution in [3.63, 3.8) is 0 Å². The van der Waals surface area contributed by atoms with Gasteiger partial charge < -0.3 is 0 Å². The number of benzene rings is 4. The summed E-state index contributed by atoms with van der Waals surface area (Å²) in [5.41, 5.74) is 8.54. The van der Waals surface area contributed by atoms with E-state index in [4.69, 9.17) is 44.8 Å². The van der Waals surface area contributed by atoms with Crippen molar-refractivity contribution in [2.45, 2.75) is 5.92 Å². The third-order valence-electron chi connectivity index (χ3n) is 6.10. The fourth-order valence-electron chi connectivity index (χ4n) is 4.72. The number of halogens is 4. The van der Waals surface area contributed by atoms with Gasteiger partial charge in [-0.05, 0) is 34.9 Å². The molecule has 0 aliphatic heterocycles. The van der Waals surface area contributed by atoms with E-state index < -0.39 is 9.20 Å². The van der Waals surface area contributed by atoms with Gasteiger partial charge in [0.1, 0.15) is 0 Å². The molecule has 1 aliphatic rings. The summed E-state index contributed by atoms with van der Waals surface area (Å²) in [7, 11) is 17.2. The summed E-state index contributed by atoms with van der Waals surface area (Å²) < 4.78 is 6.65. The summed E-state index contributed by atoms with van der Waals surface area (Å²) in [6, 6.07) is 42.6.